The third-order valence-electron chi connectivity index (χ3n) is 5.06. The van der Waals surface area contributed by atoms with Gasteiger partial charge in [0.05, 0.1) is 30.2 Å². The Balaban J connectivity index is 1.72. The van der Waals surface area contributed by atoms with Crippen molar-refractivity contribution in [3.63, 3.8) is 0 Å². The molecule has 0 bridgehead atoms. The topological polar surface area (TPSA) is 136 Å². The minimum atomic E-state index is -4.81. The van der Waals surface area contributed by atoms with E-state index in [0.29, 0.717) is 6.20 Å². The number of aromatic nitrogens is 4. The molecule has 1 aliphatic rings. The summed E-state index contributed by atoms with van der Waals surface area (Å²) in [6, 6.07) is 3.09. The summed E-state index contributed by atoms with van der Waals surface area (Å²) in [6.45, 7) is 0.106. The SMILES string of the molecule is NS(=O)(=O)c1cccc(F)c1Nc1ncc(C(F)(F)F)c(-c2cnn(CC(O)C3CC3)c2)n1. The van der Waals surface area contributed by atoms with Gasteiger partial charge in [-0.2, -0.15) is 18.3 Å². The summed E-state index contributed by atoms with van der Waals surface area (Å²) in [5.41, 5.74) is -2.35. The fourth-order valence-electron chi connectivity index (χ4n) is 3.25. The summed E-state index contributed by atoms with van der Waals surface area (Å²) < 4.78 is 79.9. The van der Waals surface area contributed by atoms with Crippen molar-refractivity contribution < 1.29 is 31.1 Å². The van der Waals surface area contributed by atoms with E-state index in [0.717, 1.165) is 37.2 Å². The van der Waals surface area contributed by atoms with Gasteiger partial charge in [0, 0.05) is 18.0 Å². The molecule has 1 atom stereocenters. The second kappa shape index (κ2) is 8.35. The molecule has 4 rings (SSSR count). The molecule has 2 heterocycles. The van der Waals surface area contributed by atoms with Gasteiger partial charge in [-0.15, -0.1) is 0 Å². The Morgan fingerprint density at radius 2 is 2.00 bits per heavy atom. The van der Waals surface area contributed by atoms with Crippen molar-refractivity contribution in [1.82, 2.24) is 19.7 Å². The van der Waals surface area contributed by atoms with Crippen LogP contribution in [0.1, 0.15) is 18.4 Å². The third kappa shape index (κ3) is 5.12. The van der Waals surface area contributed by atoms with E-state index in [1.165, 1.54) is 10.9 Å². The van der Waals surface area contributed by atoms with Gasteiger partial charge in [0.15, 0.2) is 0 Å². The van der Waals surface area contributed by atoms with Crippen LogP contribution >= 0.6 is 0 Å². The molecule has 1 fully saturated rings. The van der Waals surface area contributed by atoms with Gasteiger partial charge in [-0.05, 0) is 30.9 Å². The summed E-state index contributed by atoms with van der Waals surface area (Å²) in [5, 5.41) is 21.5. The van der Waals surface area contributed by atoms with Gasteiger partial charge < -0.3 is 10.4 Å². The Morgan fingerprint density at radius 3 is 2.64 bits per heavy atom. The van der Waals surface area contributed by atoms with E-state index >= 15 is 0 Å². The van der Waals surface area contributed by atoms with Crippen molar-refractivity contribution in [1.29, 1.82) is 0 Å². The Kier molecular flexibility index (Phi) is 5.84. The second-order valence-corrected chi connectivity index (χ2v) is 9.12. The number of hydrogen-bond donors (Lipinski definition) is 3. The number of alkyl halides is 3. The molecule has 14 heteroatoms. The van der Waals surface area contributed by atoms with Gasteiger partial charge in [0.1, 0.15) is 16.3 Å². The lowest BCUT2D eigenvalue weighted by molar-refractivity contribution is -0.137. The van der Waals surface area contributed by atoms with Gasteiger partial charge in [-0.1, -0.05) is 6.07 Å². The molecule has 4 N–H and O–H groups in total. The van der Waals surface area contributed by atoms with Gasteiger partial charge in [0.2, 0.25) is 16.0 Å². The molecule has 1 aromatic carbocycles. The molecule has 0 amide bonds. The van der Waals surface area contributed by atoms with Crippen LogP contribution in [0.4, 0.5) is 29.2 Å². The number of sulfonamides is 1. The molecule has 2 aromatic heterocycles. The molecule has 176 valence electrons. The molecule has 0 radical (unpaired) electrons. The first kappa shape index (κ1) is 23.1. The van der Waals surface area contributed by atoms with Crippen LogP contribution in [0.2, 0.25) is 0 Å². The molecule has 0 saturated heterocycles. The van der Waals surface area contributed by atoms with Crippen LogP contribution < -0.4 is 10.5 Å². The second-order valence-electron chi connectivity index (χ2n) is 7.59. The van der Waals surface area contributed by atoms with Crippen molar-refractivity contribution in [2.24, 2.45) is 11.1 Å². The normalized spacial score (nSPS) is 15.5. The molecular weight excluding hydrogens is 468 g/mol. The van der Waals surface area contributed by atoms with Crippen molar-refractivity contribution in [2.75, 3.05) is 5.32 Å². The maximum absolute atomic E-state index is 14.3. The fourth-order valence-corrected chi connectivity index (χ4v) is 3.95. The van der Waals surface area contributed by atoms with E-state index in [2.05, 4.69) is 20.4 Å². The molecular formula is C19H18F4N6O3S. The first-order valence-corrected chi connectivity index (χ1v) is 11.2. The number of anilines is 2. The number of hydrogen-bond acceptors (Lipinski definition) is 7. The summed E-state index contributed by atoms with van der Waals surface area (Å²) in [5.74, 6) is -1.36. The van der Waals surface area contributed by atoms with Crippen molar-refractivity contribution >= 4 is 21.7 Å². The van der Waals surface area contributed by atoms with Gasteiger partial charge >= 0.3 is 6.18 Å². The van der Waals surface area contributed by atoms with Crippen LogP contribution in [-0.4, -0.2) is 39.4 Å². The van der Waals surface area contributed by atoms with Crippen LogP contribution in [0.5, 0.6) is 0 Å². The summed E-state index contributed by atoms with van der Waals surface area (Å²) in [4.78, 5) is 6.80. The van der Waals surface area contributed by atoms with E-state index in [9.17, 15) is 31.1 Å². The van der Waals surface area contributed by atoms with E-state index in [4.69, 9.17) is 5.14 Å². The van der Waals surface area contributed by atoms with E-state index in [1.54, 1.807) is 0 Å². The minimum absolute atomic E-state index is 0.0176. The Bertz CT molecular complexity index is 1290. The maximum atomic E-state index is 14.3. The zero-order valence-corrected chi connectivity index (χ0v) is 17.6. The highest BCUT2D eigenvalue weighted by Crippen LogP contribution is 2.37. The Labute approximate surface area is 185 Å². The van der Waals surface area contributed by atoms with Crippen molar-refractivity contribution in [3.05, 3.63) is 48.2 Å². The molecule has 0 spiro atoms. The lowest BCUT2D eigenvalue weighted by Gasteiger charge is -2.14. The molecule has 1 unspecified atom stereocenters. The highest BCUT2D eigenvalue weighted by Gasteiger charge is 2.36. The number of para-hydroxylation sites is 1. The first-order valence-electron chi connectivity index (χ1n) is 9.67. The number of nitrogens with two attached hydrogens (primary N) is 1. The van der Waals surface area contributed by atoms with Crippen LogP contribution in [-0.2, 0) is 22.7 Å². The highest BCUT2D eigenvalue weighted by atomic mass is 32.2. The van der Waals surface area contributed by atoms with Crippen LogP contribution in [0.3, 0.4) is 0 Å². The number of benzene rings is 1. The fraction of sp³-hybridized carbons (Fsp3) is 0.316. The summed E-state index contributed by atoms with van der Waals surface area (Å²) >= 11 is 0. The highest BCUT2D eigenvalue weighted by molar-refractivity contribution is 7.89. The van der Waals surface area contributed by atoms with Gasteiger partial charge in [-0.3, -0.25) is 4.68 Å². The Hall–Kier alpha value is -3.10. The smallest absolute Gasteiger partial charge is 0.391 e. The number of nitrogens with zero attached hydrogens (tertiary/aromatic N) is 4. The van der Waals surface area contributed by atoms with Crippen LogP contribution in [0.15, 0.2) is 41.7 Å². The van der Waals surface area contributed by atoms with Crippen LogP contribution in [0.25, 0.3) is 11.3 Å². The van der Waals surface area contributed by atoms with E-state index < -0.39 is 55.9 Å². The zero-order valence-electron chi connectivity index (χ0n) is 16.8. The van der Waals surface area contributed by atoms with Gasteiger partial charge in [0.25, 0.3) is 0 Å². The number of aliphatic hydroxyl groups is 1. The largest absolute Gasteiger partial charge is 0.419 e. The van der Waals surface area contributed by atoms with Crippen LogP contribution in [0, 0.1) is 11.7 Å². The number of primary sulfonamides is 1. The number of aliphatic hydroxyl groups excluding tert-OH is 1. The number of nitrogens with one attached hydrogen (secondary N) is 1. The average Bonchev–Trinajstić information content (AvgIpc) is 3.47. The average molecular weight is 486 g/mol. The number of halogens is 4. The van der Waals surface area contributed by atoms with Gasteiger partial charge in [-0.25, -0.2) is 27.9 Å². The summed E-state index contributed by atoms with van der Waals surface area (Å²) in [6.07, 6.45) is -0.770. The standard InChI is InChI=1S/C19H18F4N6O3S/c20-13-2-1-3-15(33(24,31)32)17(13)28-18-25-7-12(19(21,22)23)16(27-18)11-6-26-29(8-11)9-14(30)10-4-5-10/h1-3,6-8,10,14,30H,4-5,9H2,(H2,24,31,32)(H,25,27,28). The first-order chi connectivity index (χ1) is 15.4. The number of rotatable bonds is 7. The maximum Gasteiger partial charge on any atom is 0.419 e. The minimum Gasteiger partial charge on any atom is -0.391 e. The van der Waals surface area contributed by atoms with E-state index in [-0.39, 0.29) is 18.0 Å². The zero-order chi connectivity index (χ0) is 24.0. The molecule has 9 nitrogen and oxygen atoms in total. The predicted octanol–water partition coefficient (Wildman–Crippen LogP) is 2.66. The molecule has 33 heavy (non-hydrogen) atoms. The molecule has 1 saturated carbocycles. The summed E-state index contributed by atoms with van der Waals surface area (Å²) in [7, 11) is -4.36. The van der Waals surface area contributed by atoms with Crippen molar-refractivity contribution in [3.8, 4) is 11.3 Å². The molecule has 1 aliphatic carbocycles. The lowest BCUT2D eigenvalue weighted by Crippen LogP contribution is -2.18. The molecule has 0 aliphatic heterocycles. The Morgan fingerprint density at radius 1 is 1.27 bits per heavy atom. The van der Waals surface area contributed by atoms with Crippen molar-refractivity contribution in [2.45, 2.75) is 36.6 Å². The van der Waals surface area contributed by atoms with E-state index in [1.807, 2.05) is 0 Å². The lowest BCUT2D eigenvalue weighted by atomic mass is 10.1. The quantitative estimate of drug-likeness (QED) is 0.437. The monoisotopic (exact) mass is 486 g/mol. The predicted molar refractivity (Wildman–Crippen MR) is 108 cm³/mol. The molecule has 3 aromatic rings. The third-order valence-corrected chi connectivity index (χ3v) is 6.01.